The normalized spacial score (nSPS) is 11.7. The van der Waals surface area contributed by atoms with Crippen LogP contribution < -0.4 is 10.3 Å². The van der Waals surface area contributed by atoms with Gasteiger partial charge in [0.1, 0.15) is 5.82 Å². The molecule has 0 fully saturated rings. The summed E-state index contributed by atoms with van der Waals surface area (Å²) in [4.78, 5) is 16.4. The molecule has 0 atom stereocenters. The molecular formula is C21H18ClF3N2O2. The van der Waals surface area contributed by atoms with Crippen LogP contribution in [0.2, 0.25) is 5.02 Å². The fourth-order valence-corrected chi connectivity index (χ4v) is 3.17. The van der Waals surface area contributed by atoms with Crippen molar-refractivity contribution in [2.45, 2.75) is 32.7 Å². The molecule has 0 saturated heterocycles. The number of benzene rings is 2. The molecule has 0 bridgehead atoms. The van der Waals surface area contributed by atoms with Crippen LogP contribution in [0.3, 0.4) is 0 Å². The Morgan fingerprint density at radius 1 is 1.10 bits per heavy atom. The molecular weight excluding hydrogens is 405 g/mol. The Morgan fingerprint density at radius 2 is 1.79 bits per heavy atom. The highest BCUT2D eigenvalue weighted by atomic mass is 35.5. The monoisotopic (exact) mass is 422 g/mol. The lowest BCUT2D eigenvalue weighted by Crippen LogP contribution is -2.21. The predicted octanol–water partition coefficient (Wildman–Crippen LogP) is 5.42. The minimum Gasteiger partial charge on any atom is -0.484 e. The first-order valence-electron chi connectivity index (χ1n) is 8.85. The van der Waals surface area contributed by atoms with Crippen molar-refractivity contribution in [3.63, 3.8) is 0 Å². The van der Waals surface area contributed by atoms with E-state index in [0.717, 1.165) is 11.6 Å². The van der Waals surface area contributed by atoms with Gasteiger partial charge in [0.25, 0.3) is 0 Å². The summed E-state index contributed by atoms with van der Waals surface area (Å²) in [5.41, 5.74) is -0.769. The largest absolute Gasteiger partial charge is 0.484 e. The highest BCUT2D eigenvalue weighted by molar-refractivity contribution is 6.34. The average Bonchev–Trinajstić information content (AvgIpc) is 2.64. The number of ether oxygens (including phenoxy) is 1. The molecule has 3 rings (SSSR count). The lowest BCUT2D eigenvalue weighted by atomic mass is 10.1. The van der Waals surface area contributed by atoms with Crippen LogP contribution in [0, 0.1) is 0 Å². The van der Waals surface area contributed by atoms with Crippen LogP contribution >= 0.6 is 11.6 Å². The molecule has 0 aliphatic heterocycles. The number of hydrogen-bond acceptors (Lipinski definition) is 3. The molecule has 0 unspecified atom stereocenters. The Bertz CT molecular complexity index is 1060. The zero-order chi connectivity index (χ0) is 21.2. The Morgan fingerprint density at radius 3 is 2.41 bits per heavy atom. The van der Waals surface area contributed by atoms with Crippen LogP contribution in [0.15, 0.2) is 59.5 Å². The second kappa shape index (κ2) is 8.29. The Kier molecular flexibility index (Phi) is 5.98. The van der Waals surface area contributed by atoms with Crippen molar-refractivity contribution in [3.8, 4) is 17.1 Å². The molecule has 1 heterocycles. The maximum atomic E-state index is 13.3. The summed E-state index contributed by atoms with van der Waals surface area (Å²) in [5, 5.41) is -0.508. The fraction of sp³-hybridized carbons (Fsp3) is 0.238. The quantitative estimate of drug-likeness (QED) is 0.551. The van der Waals surface area contributed by atoms with Crippen molar-refractivity contribution < 1.29 is 17.9 Å². The van der Waals surface area contributed by atoms with Gasteiger partial charge in [0.15, 0.2) is 0 Å². The van der Waals surface area contributed by atoms with Gasteiger partial charge in [-0.1, -0.05) is 48.0 Å². The number of aromatic nitrogens is 2. The molecule has 0 aliphatic carbocycles. The topological polar surface area (TPSA) is 44.1 Å². The molecule has 4 nitrogen and oxygen atoms in total. The lowest BCUT2D eigenvalue weighted by molar-refractivity contribution is -0.137. The van der Waals surface area contributed by atoms with Crippen molar-refractivity contribution >= 4 is 11.6 Å². The van der Waals surface area contributed by atoms with Gasteiger partial charge in [-0.05, 0) is 31.5 Å². The van der Waals surface area contributed by atoms with E-state index >= 15 is 0 Å². The maximum absolute atomic E-state index is 13.3. The van der Waals surface area contributed by atoms with E-state index in [4.69, 9.17) is 16.3 Å². The molecule has 29 heavy (non-hydrogen) atoms. The van der Waals surface area contributed by atoms with Gasteiger partial charge in [0.05, 0.1) is 22.9 Å². The maximum Gasteiger partial charge on any atom is 0.417 e. The molecule has 0 saturated carbocycles. The molecule has 3 aromatic rings. The number of nitrogens with zero attached hydrogens (tertiary/aromatic N) is 2. The molecule has 2 aromatic carbocycles. The highest BCUT2D eigenvalue weighted by Gasteiger charge is 2.34. The summed E-state index contributed by atoms with van der Waals surface area (Å²) in [7, 11) is 0. The van der Waals surface area contributed by atoms with Gasteiger partial charge in [-0.25, -0.2) is 0 Å². The minimum absolute atomic E-state index is 0.0165. The zero-order valence-electron chi connectivity index (χ0n) is 15.7. The smallest absolute Gasteiger partial charge is 0.417 e. The van der Waals surface area contributed by atoms with E-state index in [1.165, 1.54) is 18.3 Å². The number of halogens is 4. The second-order valence-corrected chi connectivity index (χ2v) is 7.06. The molecule has 0 radical (unpaired) electrons. The van der Waals surface area contributed by atoms with Crippen LogP contribution in [-0.4, -0.2) is 15.7 Å². The molecule has 0 amide bonds. The fourth-order valence-electron chi connectivity index (χ4n) is 2.85. The van der Waals surface area contributed by atoms with Gasteiger partial charge >= 0.3 is 11.7 Å². The number of alkyl halides is 3. The van der Waals surface area contributed by atoms with E-state index in [9.17, 15) is 18.0 Å². The third-order valence-corrected chi connectivity index (χ3v) is 4.47. The Labute approximate surface area is 170 Å². The van der Waals surface area contributed by atoms with Gasteiger partial charge in [-0.3, -0.25) is 4.79 Å². The van der Waals surface area contributed by atoms with E-state index in [0.29, 0.717) is 0 Å². The van der Waals surface area contributed by atoms with Gasteiger partial charge in [-0.15, -0.1) is 0 Å². The van der Waals surface area contributed by atoms with E-state index in [1.54, 1.807) is 18.4 Å². The molecule has 8 heteroatoms. The van der Waals surface area contributed by atoms with Crippen LogP contribution in [-0.2, 0) is 12.7 Å². The molecule has 152 valence electrons. The van der Waals surface area contributed by atoms with E-state index in [2.05, 4.69) is 4.98 Å². The van der Waals surface area contributed by atoms with Gasteiger partial charge in [0, 0.05) is 12.1 Å². The standard InChI is InChI=1S/C21H18ClF3N2O2/c1-13(2)29-17-12-27(11-14-7-4-3-5-8-14)19(26-20(17)28)15-9-6-10-16(18(15)22)21(23,24)25/h3-10,12-13H,11H2,1-2H3. The van der Waals surface area contributed by atoms with Crippen molar-refractivity contribution in [2.75, 3.05) is 0 Å². The molecule has 1 aromatic heterocycles. The first-order valence-corrected chi connectivity index (χ1v) is 9.22. The summed E-state index contributed by atoms with van der Waals surface area (Å²) in [6, 6.07) is 12.8. The summed E-state index contributed by atoms with van der Waals surface area (Å²) >= 11 is 6.07. The highest BCUT2D eigenvalue weighted by Crippen LogP contribution is 2.39. The van der Waals surface area contributed by atoms with Crippen LogP contribution in [0.1, 0.15) is 25.0 Å². The van der Waals surface area contributed by atoms with Crippen LogP contribution in [0.4, 0.5) is 13.2 Å². The minimum atomic E-state index is -4.63. The van der Waals surface area contributed by atoms with Crippen LogP contribution in [0.5, 0.6) is 5.75 Å². The molecule has 0 spiro atoms. The zero-order valence-corrected chi connectivity index (χ0v) is 16.5. The van der Waals surface area contributed by atoms with Crippen molar-refractivity contribution in [3.05, 3.63) is 81.2 Å². The number of hydrogen-bond donors (Lipinski definition) is 0. The van der Waals surface area contributed by atoms with E-state index < -0.39 is 22.3 Å². The summed E-state index contributed by atoms with van der Waals surface area (Å²) in [6.45, 7) is 3.79. The first-order chi connectivity index (χ1) is 13.7. The third kappa shape index (κ3) is 4.79. The van der Waals surface area contributed by atoms with Crippen molar-refractivity contribution in [1.29, 1.82) is 0 Å². The Balaban J connectivity index is 2.20. The second-order valence-electron chi connectivity index (χ2n) is 6.68. The predicted molar refractivity (Wildman–Crippen MR) is 105 cm³/mol. The van der Waals surface area contributed by atoms with Gasteiger partial charge in [0.2, 0.25) is 5.75 Å². The van der Waals surface area contributed by atoms with Crippen molar-refractivity contribution in [2.24, 2.45) is 0 Å². The van der Waals surface area contributed by atoms with E-state index in [1.807, 2.05) is 30.3 Å². The summed E-state index contributed by atoms with van der Waals surface area (Å²) < 4.78 is 46.9. The summed E-state index contributed by atoms with van der Waals surface area (Å²) in [6.07, 6.45) is -3.44. The molecule has 0 N–H and O–H groups in total. The average molecular weight is 423 g/mol. The molecule has 0 aliphatic rings. The van der Waals surface area contributed by atoms with Gasteiger partial charge < -0.3 is 9.30 Å². The van der Waals surface area contributed by atoms with Crippen molar-refractivity contribution in [1.82, 2.24) is 9.55 Å². The summed E-state index contributed by atoms with van der Waals surface area (Å²) in [5.74, 6) is 0.0499. The van der Waals surface area contributed by atoms with Crippen LogP contribution in [0.25, 0.3) is 11.4 Å². The number of rotatable bonds is 5. The lowest BCUT2D eigenvalue weighted by Gasteiger charge is -2.18. The Hall–Kier alpha value is -2.80. The van der Waals surface area contributed by atoms with Gasteiger partial charge in [-0.2, -0.15) is 18.2 Å². The van der Waals surface area contributed by atoms with E-state index in [-0.39, 0.29) is 29.8 Å². The first kappa shape index (κ1) is 20.9. The third-order valence-electron chi connectivity index (χ3n) is 4.07. The SMILES string of the molecule is CC(C)Oc1cn(Cc2ccccc2)c(-c2cccc(C(F)(F)F)c2Cl)nc1=O.